The molecule has 2 N–H and O–H groups in total. The van der Waals surface area contributed by atoms with Crippen LogP contribution in [0.3, 0.4) is 0 Å². The number of carbonyl (C=O) groups is 2. The van der Waals surface area contributed by atoms with Crippen LogP contribution in [0.1, 0.15) is 27.9 Å². The molecule has 4 aromatic rings. The summed E-state index contributed by atoms with van der Waals surface area (Å²) in [5, 5.41) is 20.7. The predicted octanol–water partition coefficient (Wildman–Crippen LogP) is 5.97. The van der Waals surface area contributed by atoms with Crippen LogP contribution in [0, 0.1) is 0 Å². The number of carboxylic acids is 1. The fourth-order valence-electron chi connectivity index (χ4n) is 3.88. The maximum absolute atomic E-state index is 13.5. The number of hydrogen-bond acceptors (Lipinski definition) is 3. The van der Waals surface area contributed by atoms with E-state index in [0.717, 1.165) is 11.1 Å². The molecule has 0 radical (unpaired) electrons. The zero-order valence-electron chi connectivity index (χ0n) is 17.4. The second-order valence-corrected chi connectivity index (χ2v) is 7.49. The Morgan fingerprint density at radius 3 is 1.72 bits per heavy atom. The number of aromatic hydroxyl groups is 1. The zero-order chi connectivity index (χ0) is 22.5. The molecule has 0 aromatic heterocycles. The van der Waals surface area contributed by atoms with Gasteiger partial charge in [0.05, 0.1) is 5.56 Å². The van der Waals surface area contributed by atoms with Gasteiger partial charge in [-0.15, -0.1) is 0 Å². The van der Waals surface area contributed by atoms with Crippen LogP contribution in [0.5, 0.6) is 5.75 Å². The highest BCUT2D eigenvalue weighted by atomic mass is 16.4. The molecule has 0 spiro atoms. The summed E-state index contributed by atoms with van der Waals surface area (Å²) in [5.74, 6) is -1.44. The molecule has 0 amide bonds. The van der Waals surface area contributed by atoms with Gasteiger partial charge in [-0.1, -0.05) is 91.0 Å². The molecule has 4 heteroatoms. The fourth-order valence-corrected chi connectivity index (χ4v) is 3.88. The van der Waals surface area contributed by atoms with E-state index in [4.69, 9.17) is 0 Å². The molecule has 0 unspecified atom stereocenters. The molecule has 0 saturated heterocycles. The van der Waals surface area contributed by atoms with Gasteiger partial charge in [-0.05, 0) is 34.7 Å². The van der Waals surface area contributed by atoms with Crippen molar-refractivity contribution in [1.29, 1.82) is 0 Å². The summed E-state index contributed by atoms with van der Waals surface area (Å²) in [7, 11) is 0. The van der Waals surface area contributed by atoms with E-state index in [9.17, 15) is 19.8 Å². The van der Waals surface area contributed by atoms with Gasteiger partial charge >= 0.3 is 5.97 Å². The van der Waals surface area contributed by atoms with Crippen molar-refractivity contribution in [2.75, 3.05) is 0 Å². The first kappa shape index (κ1) is 21.1. The summed E-state index contributed by atoms with van der Waals surface area (Å²) >= 11 is 0. The van der Waals surface area contributed by atoms with Gasteiger partial charge < -0.3 is 10.2 Å². The van der Waals surface area contributed by atoms with Gasteiger partial charge in [-0.2, -0.15) is 0 Å². The minimum absolute atomic E-state index is 0.107. The maximum atomic E-state index is 13.5. The number of phenols is 1. The van der Waals surface area contributed by atoms with Crippen LogP contribution in [-0.4, -0.2) is 22.0 Å². The van der Waals surface area contributed by atoms with Crippen molar-refractivity contribution in [2.45, 2.75) is 12.8 Å². The molecule has 0 atom stereocenters. The third-order valence-corrected chi connectivity index (χ3v) is 5.43. The molecule has 32 heavy (non-hydrogen) atoms. The van der Waals surface area contributed by atoms with Crippen molar-refractivity contribution < 1.29 is 19.8 Å². The lowest BCUT2D eigenvalue weighted by Gasteiger charge is -2.19. The van der Waals surface area contributed by atoms with Gasteiger partial charge in [0, 0.05) is 17.5 Å². The van der Waals surface area contributed by atoms with Crippen molar-refractivity contribution in [3.8, 4) is 28.0 Å². The van der Waals surface area contributed by atoms with Gasteiger partial charge in [0.25, 0.3) is 0 Å². The van der Waals surface area contributed by atoms with Crippen LogP contribution in [0.15, 0.2) is 97.1 Å². The Hall–Kier alpha value is -4.18. The number of benzene rings is 4. The smallest absolute Gasteiger partial charge is 0.303 e. The van der Waals surface area contributed by atoms with Crippen molar-refractivity contribution in [1.82, 2.24) is 0 Å². The van der Waals surface area contributed by atoms with E-state index in [0.29, 0.717) is 22.3 Å². The summed E-state index contributed by atoms with van der Waals surface area (Å²) in [6, 6.07) is 29.6. The quantitative estimate of drug-likeness (QED) is 0.360. The Labute approximate surface area is 186 Å². The first-order chi connectivity index (χ1) is 15.6. The van der Waals surface area contributed by atoms with Crippen LogP contribution >= 0.6 is 0 Å². The summed E-state index contributed by atoms with van der Waals surface area (Å²) < 4.78 is 0. The second-order valence-electron chi connectivity index (χ2n) is 7.49. The summed E-state index contributed by atoms with van der Waals surface area (Å²) in [5.41, 5.74) is 4.06. The molecular formula is C28H22O4. The van der Waals surface area contributed by atoms with Crippen LogP contribution in [0.25, 0.3) is 22.3 Å². The molecule has 0 heterocycles. The molecule has 0 aliphatic rings. The van der Waals surface area contributed by atoms with Crippen LogP contribution in [0.4, 0.5) is 0 Å². The van der Waals surface area contributed by atoms with Crippen molar-refractivity contribution in [2.24, 2.45) is 0 Å². The van der Waals surface area contributed by atoms with Gasteiger partial charge in [-0.3, -0.25) is 9.59 Å². The highest BCUT2D eigenvalue weighted by molar-refractivity contribution is 6.15. The lowest BCUT2D eigenvalue weighted by Crippen LogP contribution is -2.08. The predicted molar refractivity (Wildman–Crippen MR) is 125 cm³/mol. The van der Waals surface area contributed by atoms with Crippen LogP contribution in [0.2, 0.25) is 0 Å². The van der Waals surface area contributed by atoms with E-state index in [1.165, 1.54) is 0 Å². The second kappa shape index (κ2) is 9.31. The molecule has 4 rings (SSSR count). The number of phenolic OH excluding ortho intramolecular Hbond substituents is 1. The van der Waals surface area contributed by atoms with Crippen molar-refractivity contribution >= 4 is 11.8 Å². The molecule has 0 aliphatic heterocycles. The van der Waals surface area contributed by atoms with E-state index in [1.54, 1.807) is 24.3 Å². The Morgan fingerprint density at radius 1 is 0.688 bits per heavy atom. The van der Waals surface area contributed by atoms with Gasteiger partial charge in [0.2, 0.25) is 0 Å². The maximum Gasteiger partial charge on any atom is 0.303 e. The molecular weight excluding hydrogens is 400 g/mol. The highest BCUT2D eigenvalue weighted by Gasteiger charge is 2.25. The zero-order valence-corrected chi connectivity index (χ0v) is 17.4. The molecule has 0 saturated carbocycles. The number of aliphatic carboxylic acids is 1. The topological polar surface area (TPSA) is 74.6 Å². The van der Waals surface area contributed by atoms with Gasteiger partial charge in [0.1, 0.15) is 5.75 Å². The minimum atomic E-state index is -0.966. The van der Waals surface area contributed by atoms with E-state index in [1.807, 2.05) is 72.8 Å². The minimum Gasteiger partial charge on any atom is -0.507 e. The number of rotatable bonds is 7. The Balaban J connectivity index is 2.02. The van der Waals surface area contributed by atoms with Crippen LogP contribution < -0.4 is 0 Å². The lowest BCUT2D eigenvalue weighted by molar-refractivity contribution is -0.136. The lowest BCUT2D eigenvalue weighted by atomic mass is 9.85. The third kappa shape index (κ3) is 4.30. The van der Waals surface area contributed by atoms with E-state index in [2.05, 4.69) is 0 Å². The summed E-state index contributed by atoms with van der Waals surface area (Å²) in [6.45, 7) is 0. The number of carboxylic acid groups (broad SMARTS) is 1. The summed E-state index contributed by atoms with van der Waals surface area (Å²) in [6.07, 6.45) is -0.0490. The average Bonchev–Trinajstić information content (AvgIpc) is 2.84. The van der Waals surface area contributed by atoms with E-state index in [-0.39, 0.29) is 29.9 Å². The molecule has 4 aromatic carbocycles. The van der Waals surface area contributed by atoms with E-state index < -0.39 is 5.97 Å². The number of hydrogen-bond donors (Lipinski definition) is 2. The Bertz CT molecular complexity index is 1250. The van der Waals surface area contributed by atoms with Crippen molar-refractivity contribution in [3.05, 3.63) is 114 Å². The highest BCUT2D eigenvalue weighted by Crippen LogP contribution is 2.41. The fraction of sp³-hybridized carbons (Fsp3) is 0.0714. The van der Waals surface area contributed by atoms with E-state index >= 15 is 0 Å². The number of ketones is 1. The molecule has 0 bridgehead atoms. The molecule has 158 valence electrons. The molecule has 0 fully saturated rings. The average molecular weight is 422 g/mol. The monoisotopic (exact) mass is 422 g/mol. The first-order valence-electron chi connectivity index (χ1n) is 10.4. The Morgan fingerprint density at radius 2 is 1.19 bits per heavy atom. The Kier molecular flexibility index (Phi) is 6.13. The molecule has 0 aliphatic carbocycles. The summed E-state index contributed by atoms with van der Waals surface area (Å²) in [4.78, 5) is 24.8. The third-order valence-electron chi connectivity index (χ3n) is 5.43. The number of carbonyl (C=O) groups excluding carboxylic acids is 1. The SMILES string of the molecule is O=C(O)CCc1c(-c2ccccc2)cc(-c2ccccc2)c(C(=O)c2ccccc2)c1O. The van der Waals surface area contributed by atoms with Gasteiger partial charge in [0.15, 0.2) is 5.78 Å². The van der Waals surface area contributed by atoms with Crippen molar-refractivity contribution in [3.63, 3.8) is 0 Å². The van der Waals surface area contributed by atoms with Gasteiger partial charge in [-0.25, -0.2) is 0 Å². The standard InChI is InChI=1S/C28H22O4/c29-25(30)17-16-22-23(19-10-4-1-5-11-19)18-24(20-12-6-2-7-13-20)26(28(22)32)27(31)21-14-8-3-9-15-21/h1-15,18,32H,16-17H2,(H,29,30). The first-order valence-corrected chi connectivity index (χ1v) is 10.4. The van der Waals surface area contributed by atoms with Crippen LogP contribution in [-0.2, 0) is 11.2 Å². The molecule has 4 nitrogen and oxygen atoms in total. The normalized spacial score (nSPS) is 10.6. The largest absolute Gasteiger partial charge is 0.507 e.